The molecule has 0 radical (unpaired) electrons. The smallest absolute Gasteiger partial charge is 0.165 e. The second-order valence-electron chi connectivity index (χ2n) is 9.03. The number of pyridine rings is 2. The summed E-state index contributed by atoms with van der Waals surface area (Å²) in [6.07, 6.45) is 4.71. The largest absolute Gasteiger partial charge is 0.381 e. The number of benzene rings is 1. The van der Waals surface area contributed by atoms with Crippen molar-refractivity contribution in [3.05, 3.63) is 71.0 Å². The van der Waals surface area contributed by atoms with Crippen LogP contribution in [0.4, 0.5) is 4.39 Å². The van der Waals surface area contributed by atoms with Crippen molar-refractivity contribution < 1.29 is 9.13 Å². The number of hydrogen-bond donors (Lipinski definition) is 0. The lowest BCUT2D eigenvalue weighted by atomic mass is 9.86. The number of aryl methyl sites for hydroxylation is 2. The standard InChI is InChI=1S/C26H24ClFN6O/c1-15-23(33(2)32-31-15)18-12-20-22(29-13-18)21-25(19(28)14-30-26(21)27)34(20)24(16-6-4-3-5-7-16)17-8-10-35-11-9-17/h3-7,12-14,17,24H,8-11H2,1-2H3/t24-/m1/s1. The molecule has 1 aliphatic rings. The maximum absolute atomic E-state index is 15.6. The summed E-state index contributed by atoms with van der Waals surface area (Å²) in [4.78, 5) is 8.89. The van der Waals surface area contributed by atoms with E-state index in [9.17, 15) is 0 Å². The molecule has 0 N–H and O–H groups in total. The van der Waals surface area contributed by atoms with E-state index in [1.807, 2.05) is 38.2 Å². The van der Waals surface area contributed by atoms with Crippen LogP contribution >= 0.6 is 11.6 Å². The quantitative estimate of drug-likeness (QED) is 0.311. The summed E-state index contributed by atoms with van der Waals surface area (Å²) in [5.74, 6) is -0.171. The zero-order valence-electron chi connectivity index (χ0n) is 19.4. The normalized spacial score (nSPS) is 15.8. The lowest BCUT2D eigenvalue weighted by Gasteiger charge is -2.33. The van der Waals surface area contributed by atoms with Crippen LogP contribution in [-0.2, 0) is 11.8 Å². The van der Waals surface area contributed by atoms with Gasteiger partial charge in [0, 0.05) is 32.0 Å². The molecule has 4 aromatic heterocycles. The van der Waals surface area contributed by atoms with Gasteiger partial charge in [-0.1, -0.05) is 47.1 Å². The van der Waals surface area contributed by atoms with Crippen LogP contribution in [0.1, 0.15) is 30.1 Å². The lowest BCUT2D eigenvalue weighted by molar-refractivity contribution is 0.0552. The monoisotopic (exact) mass is 490 g/mol. The highest BCUT2D eigenvalue weighted by atomic mass is 35.5. The molecule has 5 aromatic rings. The van der Waals surface area contributed by atoms with Crippen LogP contribution in [0.15, 0.2) is 48.8 Å². The lowest BCUT2D eigenvalue weighted by Crippen LogP contribution is -2.27. The second kappa shape index (κ2) is 8.70. The Morgan fingerprint density at radius 2 is 1.89 bits per heavy atom. The first kappa shape index (κ1) is 22.1. The first-order chi connectivity index (χ1) is 17.0. The first-order valence-electron chi connectivity index (χ1n) is 11.7. The molecule has 1 aliphatic heterocycles. The molecule has 0 aliphatic carbocycles. The van der Waals surface area contributed by atoms with Gasteiger partial charge in [-0.15, -0.1) is 5.10 Å². The molecule has 1 saturated heterocycles. The van der Waals surface area contributed by atoms with E-state index in [-0.39, 0.29) is 17.1 Å². The fraction of sp³-hybridized carbons (Fsp3) is 0.308. The molecule has 5 heterocycles. The highest BCUT2D eigenvalue weighted by molar-refractivity contribution is 6.36. The molecule has 7 nitrogen and oxygen atoms in total. The Kier molecular flexibility index (Phi) is 5.50. The third-order valence-corrected chi connectivity index (χ3v) is 7.25. The minimum atomic E-state index is -0.421. The number of halogens is 2. The Labute approximate surface area is 206 Å². The van der Waals surface area contributed by atoms with E-state index in [2.05, 4.69) is 32.0 Å². The van der Waals surface area contributed by atoms with Crippen molar-refractivity contribution >= 4 is 33.5 Å². The van der Waals surface area contributed by atoms with E-state index in [1.165, 1.54) is 6.20 Å². The molecule has 178 valence electrons. The van der Waals surface area contributed by atoms with Gasteiger partial charge in [0.2, 0.25) is 0 Å². The Morgan fingerprint density at radius 3 is 2.60 bits per heavy atom. The minimum Gasteiger partial charge on any atom is -0.381 e. The maximum Gasteiger partial charge on any atom is 0.165 e. The van der Waals surface area contributed by atoms with Gasteiger partial charge >= 0.3 is 0 Å². The van der Waals surface area contributed by atoms with Gasteiger partial charge in [0.1, 0.15) is 5.15 Å². The van der Waals surface area contributed by atoms with Gasteiger partial charge in [-0.05, 0) is 37.3 Å². The number of hydrogen-bond acceptors (Lipinski definition) is 5. The molecule has 0 unspecified atom stereocenters. The van der Waals surface area contributed by atoms with Crippen molar-refractivity contribution in [1.29, 1.82) is 0 Å². The molecule has 0 bridgehead atoms. The average Bonchev–Trinajstić information content (AvgIpc) is 3.40. The Morgan fingerprint density at radius 1 is 1.11 bits per heavy atom. The van der Waals surface area contributed by atoms with Gasteiger partial charge in [0.15, 0.2) is 5.82 Å². The number of ether oxygens (including phenoxy) is 1. The van der Waals surface area contributed by atoms with Crippen molar-refractivity contribution in [3.8, 4) is 11.3 Å². The zero-order valence-corrected chi connectivity index (χ0v) is 20.2. The Hall–Kier alpha value is -3.36. The van der Waals surface area contributed by atoms with Gasteiger partial charge in [0.05, 0.1) is 45.6 Å². The SMILES string of the molecule is Cc1nnn(C)c1-c1cnc2c3c(Cl)ncc(F)c3n([C@H](c3ccccc3)C3CCOCC3)c2c1. The first-order valence-corrected chi connectivity index (χ1v) is 12.1. The molecule has 0 amide bonds. The van der Waals surface area contributed by atoms with Crippen molar-refractivity contribution in [2.75, 3.05) is 13.2 Å². The van der Waals surface area contributed by atoms with Crippen LogP contribution in [0, 0.1) is 18.7 Å². The summed E-state index contributed by atoms with van der Waals surface area (Å²) in [5, 5.41) is 9.11. The van der Waals surface area contributed by atoms with Crippen molar-refractivity contribution in [2.24, 2.45) is 13.0 Å². The van der Waals surface area contributed by atoms with Crippen molar-refractivity contribution in [2.45, 2.75) is 25.8 Å². The number of rotatable bonds is 4. The van der Waals surface area contributed by atoms with E-state index >= 15 is 4.39 Å². The fourth-order valence-corrected chi connectivity index (χ4v) is 5.67. The van der Waals surface area contributed by atoms with E-state index in [0.717, 1.165) is 40.9 Å². The molecule has 1 fully saturated rings. The molecule has 0 saturated carbocycles. The predicted octanol–water partition coefficient (Wildman–Crippen LogP) is 5.50. The number of nitrogens with zero attached hydrogens (tertiary/aromatic N) is 6. The summed E-state index contributed by atoms with van der Waals surface area (Å²) in [6, 6.07) is 12.2. The van der Waals surface area contributed by atoms with Gasteiger partial charge in [0.25, 0.3) is 0 Å². The molecule has 1 atom stereocenters. The van der Waals surface area contributed by atoms with Crippen LogP contribution in [-0.4, -0.2) is 42.7 Å². The third-order valence-electron chi connectivity index (χ3n) is 6.97. The molecule has 35 heavy (non-hydrogen) atoms. The van der Waals surface area contributed by atoms with E-state index < -0.39 is 5.82 Å². The van der Waals surface area contributed by atoms with Crippen LogP contribution < -0.4 is 0 Å². The summed E-state index contributed by atoms with van der Waals surface area (Å²) < 4.78 is 25.1. The maximum atomic E-state index is 15.6. The van der Waals surface area contributed by atoms with Crippen LogP contribution in [0.2, 0.25) is 5.15 Å². The molecule has 0 spiro atoms. The van der Waals surface area contributed by atoms with E-state index in [1.54, 1.807) is 10.9 Å². The van der Waals surface area contributed by atoms with E-state index in [4.69, 9.17) is 21.3 Å². The Balaban J connectivity index is 1.71. The second-order valence-corrected chi connectivity index (χ2v) is 9.39. The molecular formula is C26H24ClFN6O. The average molecular weight is 491 g/mol. The van der Waals surface area contributed by atoms with Crippen molar-refractivity contribution in [3.63, 3.8) is 0 Å². The molecule has 9 heteroatoms. The zero-order chi connectivity index (χ0) is 24.1. The van der Waals surface area contributed by atoms with Gasteiger partial charge in [-0.3, -0.25) is 4.98 Å². The van der Waals surface area contributed by atoms with Crippen LogP contribution in [0.5, 0.6) is 0 Å². The number of fused-ring (bicyclic) bond motifs is 3. The van der Waals surface area contributed by atoms with Gasteiger partial charge in [-0.2, -0.15) is 0 Å². The summed E-state index contributed by atoms with van der Waals surface area (Å²) in [7, 11) is 1.85. The summed E-state index contributed by atoms with van der Waals surface area (Å²) in [6.45, 7) is 3.27. The fourth-order valence-electron chi connectivity index (χ4n) is 5.44. The molecular weight excluding hydrogens is 467 g/mol. The Bertz CT molecular complexity index is 1520. The summed E-state index contributed by atoms with van der Waals surface area (Å²) >= 11 is 6.57. The molecule has 1 aromatic carbocycles. The topological polar surface area (TPSA) is 70.7 Å². The van der Waals surface area contributed by atoms with E-state index in [0.29, 0.717) is 29.6 Å². The van der Waals surface area contributed by atoms with Gasteiger partial charge < -0.3 is 9.30 Å². The highest BCUT2D eigenvalue weighted by Gasteiger charge is 2.32. The van der Waals surface area contributed by atoms with Gasteiger partial charge in [-0.25, -0.2) is 14.1 Å². The minimum absolute atomic E-state index is 0.129. The predicted molar refractivity (Wildman–Crippen MR) is 133 cm³/mol. The third kappa shape index (κ3) is 3.59. The van der Waals surface area contributed by atoms with Crippen LogP contribution in [0.3, 0.4) is 0 Å². The highest BCUT2D eigenvalue weighted by Crippen LogP contribution is 2.43. The van der Waals surface area contributed by atoms with Crippen molar-refractivity contribution in [1.82, 2.24) is 29.5 Å². The summed E-state index contributed by atoms with van der Waals surface area (Å²) in [5.41, 5.74) is 5.47. The van der Waals surface area contributed by atoms with Crippen LogP contribution in [0.25, 0.3) is 33.2 Å². The number of aromatic nitrogens is 6. The molecule has 6 rings (SSSR count).